The van der Waals surface area contributed by atoms with Crippen LogP contribution in [0.25, 0.3) is 21.9 Å². The van der Waals surface area contributed by atoms with Crippen LogP contribution in [-0.4, -0.2) is 14.5 Å². The number of nitrogens with one attached hydrogen (secondary N) is 1. The maximum atomic E-state index is 11.7. The summed E-state index contributed by atoms with van der Waals surface area (Å²) in [6.45, 7) is 0. The second-order valence-electron chi connectivity index (χ2n) is 3.70. The molecule has 1 aromatic carbocycles. The van der Waals surface area contributed by atoms with E-state index in [-0.39, 0.29) is 5.56 Å². The first-order valence-corrected chi connectivity index (χ1v) is 5.17. The Hall–Kier alpha value is -1.81. The number of imidazole rings is 1. The number of halogens is 1. The molecule has 0 radical (unpaired) electrons. The van der Waals surface area contributed by atoms with Crippen LogP contribution in [0.15, 0.2) is 29.3 Å². The van der Waals surface area contributed by atoms with Gasteiger partial charge in [-0.2, -0.15) is 0 Å². The number of nitrogens with zero attached hydrogens (tertiary/aromatic N) is 2. The fourth-order valence-corrected chi connectivity index (χ4v) is 2.09. The number of aromatic nitrogens is 3. The van der Waals surface area contributed by atoms with E-state index in [1.807, 2.05) is 17.7 Å². The monoisotopic (exact) mass is 233 g/mol. The van der Waals surface area contributed by atoms with Crippen molar-refractivity contribution in [2.24, 2.45) is 7.05 Å². The average molecular weight is 234 g/mol. The van der Waals surface area contributed by atoms with Crippen LogP contribution in [0.3, 0.4) is 0 Å². The van der Waals surface area contributed by atoms with Crippen molar-refractivity contribution in [3.63, 3.8) is 0 Å². The van der Waals surface area contributed by atoms with Crippen LogP contribution in [0.5, 0.6) is 0 Å². The second-order valence-corrected chi connectivity index (χ2v) is 4.13. The molecule has 0 bridgehead atoms. The molecule has 5 heteroatoms. The molecule has 16 heavy (non-hydrogen) atoms. The number of H-pyrrole nitrogens is 1. The summed E-state index contributed by atoms with van der Waals surface area (Å²) in [4.78, 5) is 18.6. The molecular weight excluding hydrogens is 226 g/mol. The molecule has 0 spiro atoms. The van der Waals surface area contributed by atoms with E-state index in [1.54, 1.807) is 18.5 Å². The van der Waals surface area contributed by atoms with Crippen molar-refractivity contribution in [1.82, 2.24) is 14.5 Å². The maximum Gasteiger partial charge on any atom is 0.276 e. The van der Waals surface area contributed by atoms with Gasteiger partial charge in [-0.1, -0.05) is 11.6 Å². The largest absolute Gasteiger partial charge is 0.333 e. The third kappa shape index (κ3) is 1.17. The number of aryl methyl sites for hydroxylation is 1. The van der Waals surface area contributed by atoms with E-state index in [1.165, 1.54) is 0 Å². The second kappa shape index (κ2) is 3.09. The number of hydrogen-bond donors (Lipinski definition) is 1. The quantitative estimate of drug-likeness (QED) is 0.646. The summed E-state index contributed by atoms with van der Waals surface area (Å²) < 4.78 is 1.83. The summed E-state index contributed by atoms with van der Waals surface area (Å²) in [6, 6.07) is 5.43. The Kier molecular flexibility index (Phi) is 1.82. The highest BCUT2D eigenvalue weighted by atomic mass is 35.5. The van der Waals surface area contributed by atoms with Crippen LogP contribution >= 0.6 is 11.6 Å². The molecule has 4 nitrogen and oxygen atoms in total. The fraction of sp³-hybridized carbons (Fsp3) is 0.0909. The normalized spacial score (nSPS) is 11.4. The Balaban J connectivity index is 2.67. The molecule has 3 rings (SSSR count). The molecule has 0 aliphatic heterocycles. The molecule has 2 aromatic heterocycles. The molecule has 2 heterocycles. The molecule has 0 aliphatic carbocycles. The Morgan fingerprint density at radius 2 is 2.25 bits per heavy atom. The fourth-order valence-electron chi connectivity index (χ4n) is 1.92. The molecule has 80 valence electrons. The van der Waals surface area contributed by atoms with Gasteiger partial charge in [0.1, 0.15) is 0 Å². The van der Waals surface area contributed by atoms with E-state index in [2.05, 4.69) is 9.97 Å². The van der Waals surface area contributed by atoms with Crippen LogP contribution in [0.4, 0.5) is 0 Å². The van der Waals surface area contributed by atoms with E-state index in [0.29, 0.717) is 10.5 Å². The molecular formula is C11H8ClN3O. The molecule has 0 saturated heterocycles. The van der Waals surface area contributed by atoms with E-state index in [9.17, 15) is 4.79 Å². The highest BCUT2D eigenvalue weighted by molar-refractivity contribution is 6.31. The first-order chi connectivity index (χ1) is 7.66. The lowest BCUT2D eigenvalue weighted by atomic mass is 10.2. The molecule has 3 aromatic rings. The summed E-state index contributed by atoms with van der Waals surface area (Å²) in [5, 5.41) is 1.55. The Morgan fingerprint density at radius 1 is 1.44 bits per heavy atom. The number of pyridine rings is 1. The lowest BCUT2D eigenvalue weighted by Crippen LogP contribution is -2.06. The zero-order chi connectivity index (χ0) is 11.3. The number of rotatable bonds is 0. The molecule has 0 atom stereocenters. The van der Waals surface area contributed by atoms with Crippen LogP contribution in [0.1, 0.15) is 0 Å². The van der Waals surface area contributed by atoms with E-state index in [0.717, 1.165) is 16.4 Å². The van der Waals surface area contributed by atoms with Crippen molar-refractivity contribution in [2.75, 3.05) is 0 Å². The van der Waals surface area contributed by atoms with Crippen molar-refractivity contribution >= 4 is 33.5 Å². The third-order valence-electron chi connectivity index (χ3n) is 2.64. The summed E-state index contributed by atoms with van der Waals surface area (Å²) in [7, 11) is 1.86. The van der Waals surface area contributed by atoms with Gasteiger partial charge in [0.05, 0.1) is 17.4 Å². The summed E-state index contributed by atoms with van der Waals surface area (Å²) in [5.41, 5.74) is 1.83. The summed E-state index contributed by atoms with van der Waals surface area (Å²) in [6.07, 6.45) is 1.63. The van der Waals surface area contributed by atoms with Gasteiger partial charge < -0.3 is 9.55 Å². The summed E-state index contributed by atoms with van der Waals surface area (Å²) >= 11 is 5.89. The SMILES string of the molecule is Cn1cnc2c(=O)[nH]c3cc(Cl)ccc3c21. The first-order valence-electron chi connectivity index (χ1n) is 4.79. The highest BCUT2D eigenvalue weighted by Crippen LogP contribution is 2.22. The maximum absolute atomic E-state index is 11.7. The van der Waals surface area contributed by atoms with Crippen molar-refractivity contribution < 1.29 is 0 Å². The van der Waals surface area contributed by atoms with Crippen LogP contribution < -0.4 is 5.56 Å². The minimum absolute atomic E-state index is 0.189. The van der Waals surface area contributed by atoms with Gasteiger partial charge in [0.2, 0.25) is 0 Å². The minimum atomic E-state index is -0.189. The molecule has 0 amide bonds. The van der Waals surface area contributed by atoms with Gasteiger partial charge in [0.25, 0.3) is 5.56 Å². The van der Waals surface area contributed by atoms with Crippen LogP contribution in [0, 0.1) is 0 Å². The Labute approximate surface area is 95.5 Å². The summed E-state index contributed by atoms with van der Waals surface area (Å²) in [5.74, 6) is 0. The van der Waals surface area contributed by atoms with Gasteiger partial charge in [-0.25, -0.2) is 4.98 Å². The predicted octanol–water partition coefficient (Wildman–Crippen LogP) is 2.07. The third-order valence-corrected chi connectivity index (χ3v) is 2.87. The van der Waals surface area contributed by atoms with Gasteiger partial charge >= 0.3 is 0 Å². The Morgan fingerprint density at radius 3 is 3.06 bits per heavy atom. The van der Waals surface area contributed by atoms with Gasteiger partial charge in [-0.3, -0.25) is 4.79 Å². The molecule has 0 aliphatic rings. The number of benzene rings is 1. The molecule has 1 N–H and O–H groups in total. The van der Waals surface area contributed by atoms with Crippen molar-refractivity contribution in [3.8, 4) is 0 Å². The van der Waals surface area contributed by atoms with Gasteiger partial charge in [0.15, 0.2) is 5.52 Å². The molecule has 0 fully saturated rings. The lowest BCUT2D eigenvalue weighted by Gasteiger charge is -2.01. The van der Waals surface area contributed by atoms with Gasteiger partial charge in [-0.05, 0) is 18.2 Å². The number of aromatic amines is 1. The molecule has 0 saturated carbocycles. The highest BCUT2D eigenvalue weighted by Gasteiger charge is 2.09. The zero-order valence-corrected chi connectivity index (χ0v) is 9.25. The van der Waals surface area contributed by atoms with Crippen LogP contribution in [-0.2, 0) is 7.05 Å². The van der Waals surface area contributed by atoms with Crippen LogP contribution in [0.2, 0.25) is 5.02 Å². The standard InChI is InChI=1S/C11H8ClN3O/c1-15-5-13-9-10(15)7-3-2-6(12)4-8(7)14-11(9)16/h2-5H,1H3,(H,14,16). The zero-order valence-electron chi connectivity index (χ0n) is 8.49. The topological polar surface area (TPSA) is 50.7 Å². The Bertz CT molecular complexity index is 757. The minimum Gasteiger partial charge on any atom is -0.333 e. The van der Waals surface area contributed by atoms with E-state index < -0.39 is 0 Å². The smallest absolute Gasteiger partial charge is 0.276 e. The molecule has 0 unspecified atom stereocenters. The van der Waals surface area contributed by atoms with Crippen molar-refractivity contribution in [2.45, 2.75) is 0 Å². The van der Waals surface area contributed by atoms with E-state index in [4.69, 9.17) is 11.6 Å². The van der Waals surface area contributed by atoms with Crippen molar-refractivity contribution in [1.29, 1.82) is 0 Å². The lowest BCUT2D eigenvalue weighted by molar-refractivity contribution is 0.951. The van der Waals surface area contributed by atoms with Gasteiger partial charge in [-0.15, -0.1) is 0 Å². The van der Waals surface area contributed by atoms with Gasteiger partial charge in [0, 0.05) is 17.5 Å². The van der Waals surface area contributed by atoms with Crippen molar-refractivity contribution in [3.05, 3.63) is 39.9 Å². The van der Waals surface area contributed by atoms with E-state index >= 15 is 0 Å². The average Bonchev–Trinajstić information content (AvgIpc) is 2.61. The number of hydrogen-bond acceptors (Lipinski definition) is 2. The number of fused-ring (bicyclic) bond motifs is 3. The predicted molar refractivity (Wildman–Crippen MR) is 63.9 cm³/mol. The first kappa shape index (κ1) is 9.42.